The van der Waals surface area contributed by atoms with Crippen LogP contribution in [0, 0.1) is 23.7 Å². The summed E-state index contributed by atoms with van der Waals surface area (Å²) in [5.74, 6) is 9.23. The number of rotatable bonds is 3. The summed E-state index contributed by atoms with van der Waals surface area (Å²) in [4.78, 5) is 7.20. The zero-order chi connectivity index (χ0) is 9.54. The molecule has 0 aromatic rings. The Labute approximate surface area is 85.5 Å². The Morgan fingerprint density at radius 2 is 1.79 bits per heavy atom. The number of hydrogen-bond donors (Lipinski definition) is 1. The molecule has 4 atom stereocenters. The summed E-state index contributed by atoms with van der Waals surface area (Å²) in [5, 5.41) is 0. The maximum absolute atomic E-state index is 5.06. The summed E-state index contributed by atoms with van der Waals surface area (Å²) in [6.07, 6.45) is 4.55. The van der Waals surface area contributed by atoms with Crippen LogP contribution >= 0.6 is 0 Å². The lowest BCUT2D eigenvalue weighted by molar-refractivity contribution is 0.110. The second-order valence-corrected chi connectivity index (χ2v) is 5.29. The van der Waals surface area contributed by atoms with E-state index in [0.717, 1.165) is 30.2 Å². The van der Waals surface area contributed by atoms with Gasteiger partial charge in [-0.15, -0.1) is 0 Å². The molecule has 2 N–H and O–H groups in total. The summed E-state index contributed by atoms with van der Waals surface area (Å²) in [5.41, 5.74) is 0. The molecule has 0 spiro atoms. The van der Waals surface area contributed by atoms with Gasteiger partial charge in [0.2, 0.25) is 0 Å². The van der Waals surface area contributed by atoms with Crippen LogP contribution in [0.5, 0.6) is 0 Å². The van der Waals surface area contributed by atoms with Crippen molar-refractivity contribution in [2.75, 3.05) is 26.2 Å². The van der Waals surface area contributed by atoms with Gasteiger partial charge < -0.3 is 9.74 Å². The minimum Gasteiger partial charge on any atom is -0.303 e. The monoisotopic (exact) mass is 196 g/mol. The van der Waals surface area contributed by atoms with Gasteiger partial charge in [0.25, 0.3) is 0 Å². The number of fused-ring (bicyclic) bond motifs is 5. The van der Waals surface area contributed by atoms with Crippen LogP contribution in [0.4, 0.5) is 0 Å². The first-order chi connectivity index (χ1) is 6.88. The lowest BCUT2D eigenvalue weighted by atomic mass is 9.82. The van der Waals surface area contributed by atoms with Crippen molar-refractivity contribution >= 4 is 0 Å². The predicted octanol–water partition coefficient (Wildman–Crippen LogP) is 0.855. The fourth-order valence-electron chi connectivity index (χ4n) is 4.13. The molecule has 3 aliphatic rings. The highest BCUT2D eigenvalue weighted by molar-refractivity contribution is 5.01. The predicted molar refractivity (Wildman–Crippen MR) is 54.4 cm³/mol. The van der Waals surface area contributed by atoms with Crippen LogP contribution in [0.15, 0.2) is 0 Å². The number of nitrogens with two attached hydrogens (primary N) is 1. The van der Waals surface area contributed by atoms with Crippen LogP contribution in [0.1, 0.15) is 19.3 Å². The topological polar surface area (TPSA) is 38.5 Å². The molecular weight excluding hydrogens is 176 g/mol. The van der Waals surface area contributed by atoms with E-state index in [2.05, 4.69) is 9.74 Å². The van der Waals surface area contributed by atoms with Crippen LogP contribution in [0.3, 0.4) is 0 Å². The molecule has 80 valence electrons. The lowest BCUT2D eigenvalue weighted by Crippen LogP contribution is -2.27. The second kappa shape index (κ2) is 3.47. The molecule has 2 unspecified atom stereocenters. The third kappa shape index (κ3) is 1.30. The van der Waals surface area contributed by atoms with Crippen molar-refractivity contribution in [2.24, 2.45) is 29.6 Å². The van der Waals surface area contributed by atoms with Crippen LogP contribution in [-0.4, -0.2) is 31.1 Å². The number of nitrogens with zero attached hydrogens (tertiary/aromatic N) is 1. The van der Waals surface area contributed by atoms with Gasteiger partial charge in [-0.2, -0.15) is 0 Å². The normalized spacial score (nSPS) is 46.1. The standard InChI is InChI=1S/C11H20N2O/c12-14-4-3-13-6-10-8-1-2-9(5-8)11(10)7-13/h8-11H,1-7,12H2/t8?,9?,10-,11+. The largest absolute Gasteiger partial charge is 0.303 e. The number of hydrogen-bond acceptors (Lipinski definition) is 3. The molecule has 0 radical (unpaired) electrons. The lowest BCUT2D eigenvalue weighted by Gasteiger charge is -2.22. The molecule has 2 bridgehead atoms. The van der Waals surface area contributed by atoms with Gasteiger partial charge >= 0.3 is 0 Å². The molecule has 0 amide bonds. The molecule has 3 heteroatoms. The van der Waals surface area contributed by atoms with E-state index in [9.17, 15) is 0 Å². The van der Waals surface area contributed by atoms with Crippen molar-refractivity contribution in [3.8, 4) is 0 Å². The Morgan fingerprint density at radius 1 is 1.14 bits per heavy atom. The van der Waals surface area contributed by atoms with Crippen LogP contribution in [0.2, 0.25) is 0 Å². The van der Waals surface area contributed by atoms with Gasteiger partial charge in [0.05, 0.1) is 6.61 Å². The minimum absolute atomic E-state index is 0.689. The molecule has 0 aromatic carbocycles. The van der Waals surface area contributed by atoms with E-state index in [4.69, 9.17) is 5.90 Å². The van der Waals surface area contributed by atoms with Crippen molar-refractivity contribution in [1.82, 2.24) is 4.90 Å². The van der Waals surface area contributed by atoms with Crippen molar-refractivity contribution in [1.29, 1.82) is 0 Å². The van der Waals surface area contributed by atoms with Crippen LogP contribution < -0.4 is 5.90 Å². The fraction of sp³-hybridized carbons (Fsp3) is 1.00. The summed E-state index contributed by atoms with van der Waals surface area (Å²) in [6, 6.07) is 0. The van der Waals surface area contributed by atoms with Gasteiger partial charge in [-0.1, -0.05) is 0 Å². The fourth-order valence-corrected chi connectivity index (χ4v) is 4.13. The second-order valence-electron chi connectivity index (χ2n) is 5.29. The van der Waals surface area contributed by atoms with Gasteiger partial charge in [-0.3, -0.25) is 0 Å². The average molecular weight is 196 g/mol. The van der Waals surface area contributed by atoms with Crippen molar-refractivity contribution in [3.05, 3.63) is 0 Å². The van der Waals surface area contributed by atoms with Gasteiger partial charge in [-0.05, 0) is 42.9 Å². The minimum atomic E-state index is 0.689. The average Bonchev–Trinajstić information content (AvgIpc) is 2.85. The Hall–Kier alpha value is -0.120. The third-order valence-electron chi connectivity index (χ3n) is 4.74. The Kier molecular flexibility index (Phi) is 2.26. The first-order valence-electron chi connectivity index (χ1n) is 5.92. The highest BCUT2D eigenvalue weighted by Gasteiger charge is 2.51. The summed E-state index contributed by atoms with van der Waals surface area (Å²) < 4.78 is 0. The summed E-state index contributed by atoms with van der Waals surface area (Å²) in [6.45, 7) is 4.35. The van der Waals surface area contributed by atoms with E-state index in [-0.39, 0.29) is 0 Å². The van der Waals surface area contributed by atoms with E-state index in [1.165, 1.54) is 32.4 Å². The molecule has 3 fully saturated rings. The highest BCUT2D eigenvalue weighted by Crippen LogP contribution is 2.54. The first-order valence-corrected chi connectivity index (χ1v) is 5.92. The van der Waals surface area contributed by atoms with Gasteiger partial charge in [-0.25, -0.2) is 5.90 Å². The maximum Gasteiger partial charge on any atom is 0.0806 e. The molecule has 3 rings (SSSR count). The van der Waals surface area contributed by atoms with Crippen molar-refractivity contribution in [3.63, 3.8) is 0 Å². The first kappa shape index (κ1) is 9.13. The van der Waals surface area contributed by atoms with E-state index in [1.807, 2.05) is 0 Å². The highest BCUT2D eigenvalue weighted by atomic mass is 16.6. The smallest absolute Gasteiger partial charge is 0.0806 e. The summed E-state index contributed by atoms with van der Waals surface area (Å²) >= 11 is 0. The molecule has 2 saturated carbocycles. The van der Waals surface area contributed by atoms with Gasteiger partial charge in [0.1, 0.15) is 0 Å². The molecule has 0 aromatic heterocycles. The quantitative estimate of drug-likeness (QED) is 0.680. The van der Waals surface area contributed by atoms with Crippen LogP contribution in [0.25, 0.3) is 0 Å². The Morgan fingerprint density at radius 3 is 2.36 bits per heavy atom. The van der Waals surface area contributed by atoms with Crippen molar-refractivity contribution in [2.45, 2.75) is 19.3 Å². The van der Waals surface area contributed by atoms with Gasteiger partial charge in [0.15, 0.2) is 0 Å². The molecular formula is C11H20N2O. The van der Waals surface area contributed by atoms with Crippen LogP contribution in [-0.2, 0) is 4.84 Å². The van der Waals surface area contributed by atoms with Gasteiger partial charge in [0, 0.05) is 19.6 Å². The zero-order valence-electron chi connectivity index (χ0n) is 8.69. The molecule has 1 heterocycles. The molecule has 1 aliphatic heterocycles. The SMILES string of the molecule is NOCCN1C[C@@H]2C3CCC(C3)[C@@H]2C1. The van der Waals surface area contributed by atoms with Crippen molar-refractivity contribution < 1.29 is 4.84 Å². The van der Waals surface area contributed by atoms with E-state index >= 15 is 0 Å². The number of likely N-dealkylation sites (tertiary alicyclic amines) is 1. The van der Waals surface area contributed by atoms with E-state index < -0.39 is 0 Å². The zero-order valence-corrected chi connectivity index (χ0v) is 8.69. The molecule has 2 aliphatic carbocycles. The molecule has 14 heavy (non-hydrogen) atoms. The third-order valence-corrected chi connectivity index (χ3v) is 4.74. The summed E-state index contributed by atoms with van der Waals surface area (Å²) in [7, 11) is 0. The van der Waals surface area contributed by atoms with E-state index in [1.54, 1.807) is 0 Å². The van der Waals surface area contributed by atoms with E-state index in [0.29, 0.717) is 6.61 Å². The Bertz CT molecular complexity index is 203. The molecule has 3 nitrogen and oxygen atoms in total. The molecule has 1 saturated heterocycles. The maximum atomic E-state index is 5.06. The Balaban J connectivity index is 1.60.